The van der Waals surface area contributed by atoms with Crippen molar-refractivity contribution >= 4 is 5.69 Å². The second kappa shape index (κ2) is 4.83. The number of aliphatic hydroxyl groups excluding tert-OH is 1. The highest BCUT2D eigenvalue weighted by molar-refractivity contribution is 5.52. The molecular formula is C10H16N2O2. The molecule has 1 unspecified atom stereocenters. The van der Waals surface area contributed by atoms with Gasteiger partial charge in [-0.15, -0.1) is 0 Å². The van der Waals surface area contributed by atoms with E-state index < -0.39 is 6.10 Å². The van der Waals surface area contributed by atoms with Crippen molar-refractivity contribution in [2.75, 3.05) is 26.4 Å². The molecule has 4 nitrogen and oxygen atoms in total. The lowest BCUT2D eigenvalue weighted by molar-refractivity contribution is 0.178. The molecule has 0 bridgehead atoms. The van der Waals surface area contributed by atoms with Crippen LogP contribution < -0.4 is 15.8 Å². The third-order valence-electron chi connectivity index (χ3n) is 2.05. The van der Waals surface area contributed by atoms with Crippen LogP contribution in [0.3, 0.4) is 0 Å². The van der Waals surface area contributed by atoms with Gasteiger partial charge in [0, 0.05) is 23.9 Å². The fourth-order valence-electron chi connectivity index (χ4n) is 1.29. The van der Waals surface area contributed by atoms with Gasteiger partial charge in [-0.25, -0.2) is 0 Å². The number of rotatable bonds is 4. The number of benzene rings is 1. The average Bonchev–Trinajstić information content (AvgIpc) is 2.17. The molecular weight excluding hydrogens is 180 g/mol. The molecule has 4 N–H and O–H groups in total. The highest BCUT2D eigenvalue weighted by Crippen LogP contribution is 2.24. The number of ether oxygens (including phenoxy) is 1. The van der Waals surface area contributed by atoms with E-state index >= 15 is 0 Å². The Morgan fingerprint density at radius 3 is 2.79 bits per heavy atom. The van der Waals surface area contributed by atoms with Gasteiger partial charge in [-0.3, -0.25) is 0 Å². The summed E-state index contributed by atoms with van der Waals surface area (Å²) in [6, 6.07) is 5.26. The Labute approximate surface area is 83.7 Å². The van der Waals surface area contributed by atoms with Gasteiger partial charge in [0.15, 0.2) is 0 Å². The molecule has 78 valence electrons. The first-order valence-electron chi connectivity index (χ1n) is 4.45. The van der Waals surface area contributed by atoms with Gasteiger partial charge in [0.2, 0.25) is 0 Å². The summed E-state index contributed by atoms with van der Waals surface area (Å²) in [6.45, 7) is 0.483. The fraction of sp³-hybridized carbons (Fsp3) is 0.400. The van der Waals surface area contributed by atoms with Gasteiger partial charge >= 0.3 is 0 Å². The van der Waals surface area contributed by atoms with E-state index in [1.54, 1.807) is 32.4 Å². The predicted octanol–water partition coefficient (Wildman–Crippen LogP) is 0.530. The molecule has 0 heterocycles. The topological polar surface area (TPSA) is 67.5 Å². The highest BCUT2D eigenvalue weighted by Gasteiger charge is 2.10. The molecule has 0 aliphatic carbocycles. The van der Waals surface area contributed by atoms with Crippen molar-refractivity contribution < 1.29 is 9.84 Å². The first-order valence-corrected chi connectivity index (χ1v) is 4.45. The van der Waals surface area contributed by atoms with E-state index in [-0.39, 0.29) is 0 Å². The minimum atomic E-state index is -0.578. The number of hydrogen-bond donors (Lipinski definition) is 3. The van der Waals surface area contributed by atoms with Crippen LogP contribution in [0, 0.1) is 0 Å². The molecule has 0 radical (unpaired) electrons. The number of nitrogen functional groups attached to an aromatic ring is 1. The zero-order valence-electron chi connectivity index (χ0n) is 8.45. The zero-order valence-corrected chi connectivity index (χ0v) is 8.45. The summed E-state index contributed by atoms with van der Waals surface area (Å²) in [7, 11) is 3.36. The lowest BCUT2D eigenvalue weighted by Crippen LogP contribution is -2.17. The molecule has 0 spiro atoms. The molecule has 0 aliphatic rings. The van der Waals surface area contributed by atoms with Gasteiger partial charge < -0.3 is 20.9 Å². The average molecular weight is 196 g/mol. The van der Waals surface area contributed by atoms with Gasteiger partial charge in [-0.2, -0.15) is 0 Å². The molecule has 1 aromatic rings. The second-order valence-corrected chi connectivity index (χ2v) is 3.07. The molecule has 0 saturated carbocycles. The number of nitrogens with one attached hydrogen (secondary N) is 1. The van der Waals surface area contributed by atoms with Crippen molar-refractivity contribution in [2.45, 2.75) is 6.10 Å². The van der Waals surface area contributed by atoms with Gasteiger partial charge in [0.1, 0.15) is 5.75 Å². The van der Waals surface area contributed by atoms with Crippen LogP contribution in [0.5, 0.6) is 5.75 Å². The predicted molar refractivity (Wildman–Crippen MR) is 56.3 cm³/mol. The van der Waals surface area contributed by atoms with Crippen LogP contribution in [0.2, 0.25) is 0 Å². The number of anilines is 1. The maximum atomic E-state index is 9.68. The summed E-state index contributed by atoms with van der Waals surface area (Å²) < 4.78 is 5.01. The van der Waals surface area contributed by atoms with Crippen LogP contribution in [0.4, 0.5) is 5.69 Å². The first kappa shape index (κ1) is 10.8. The summed E-state index contributed by atoms with van der Waals surface area (Å²) >= 11 is 0. The van der Waals surface area contributed by atoms with Crippen molar-refractivity contribution in [3.8, 4) is 5.75 Å². The monoisotopic (exact) mass is 196 g/mol. The van der Waals surface area contributed by atoms with Crippen molar-refractivity contribution in [3.63, 3.8) is 0 Å². The van der Waals surface area contributed by atoms with E-state index in [2.05, 4.69) is 5.32 Å². The minimum Gasteiger partial charge on any atom is -0.497 e. The summed E-state index contributed by atoms with van der Waals surface area (Å²) in [4.78, 5) is 0. The number of aliphatic hydroxyl groups is 1. The molecule has 1 rings (SSSR count). The molecule has 0 amide bonds. The lowest BCUT2D eigenvalue weighted by atomic mass is 10.1. The third-order valence-corrected chi connectivity index (χ3v) is 2.05. The van der Waals surface area contributed by atoms with Gasteiger partial charge in [-0.05, 0) is 13.1 Å². The highest BCUT2D eigenvalue weighted by atomic mass is 16.5. The van der Waals surface area contributed by atoms with Crippen LogP contribution in [-0.2, 0) is 0 Å². The third kappa shape index (κ3) is 2.37. The van der Waals surface area contributed by atoms with Gasteiger partial charge in [0.25, 0.3) is 0 Å². The Hall–Kier alpha value is -1.26. The standard InChI is InChI=1S/C10H16N2O2/c1-12-6-10(13)8-4-3-7(14-2)5-9(8)11/h3-5,10,12-13H,6,11H2,1-2H3. The minimum absolute atomic E-state index is 0.483. The second-order valence-electron chi connectivity index (χ2n) is 3.07. The van der Waals surface area contributed by atoms with E-state index in [1.807, 2.05) is 0 Å². The Balaban J connectivity index is 2.88. The van der Waals surface area contributed by atoms with E-state index in [4.69, 9.17) is 10.5 Å². The number of methoxy groups -OCH3 is 1. The number of likely N-dealkylation sites (N-methyl/N-ethyl adjacent to an activating group) is 1. The van der Waals surface area contributed by atoms with Crippen molar-refractivity contribution in [1.29, 1.82) is 0 Å². The molecule has 1 atom stereocenters. The van der Waals surface area contributed by atoms with Crippen LogP contribution in [0.15, 0.2) is 18.2 Å². The summed E-state index contributed by atoms with van der Waals surface area (Å²) in [5, 5.41) is 12.6. The molecule has 4 heteroatoms. The number of hydrogen-bond acceptors (Lipinski definition) is 4. The first-order chi connectivity index (χ1) is 6.69. The lowest BCUT2D eigenvalue weighted by Gasteiger charge is -2.13. The Morgan fingerprint density at radius 1 is 1.57 bits per heavy atom. The Kier molecular flexibility index (Phi) is 3.73. The van der Waals surface area contributed by atoms with Crippen LogP contribution in [-0.4, -0.2) is 25.8 Å². The summed E-state index contributed by atoms with van der Waals surface area (Å²) in [5.41, 5.74) is 7.03. The van der Waals surface area contributed by atoms with Gasteiger partial charge in [-0.1, -0.05) is 6.07 Å². The maximum Gasteiger partial charge on any atom is 0.120 e. The normalized spacial score (nSPS) is 12.5. The molecule has 0 fully saturated rings. The zero-order chi connectivity index (χ0) is 10.6. The van der Waals surface area contributed by atoms with E-state index in [9.17, 15) is 5.11 Å². The molecule has 0 aliphatic heterocycles. The SMILES string of the molecule is CNCC(O)c1ccc(OC)cc1N. The summed E-state index contributed by atoms with van der Waals surface area (Å²) in [5.74, 6) is 0.697. The van der Waals surface area contributed by atoms with E-state index in [0.717, 1.165) is 5.56 Å². The smallest absolute Gasteiger partial charge is 0.120 e. The van der Waals surface area contributed by atoms with Crippen LogP contribution in [0.1, 0.15) is 11.7 Å². The Bertz CT molecular complexity index is 302. The van der Waals surface area contributed by atoms with Crippen molar-refractivity contribution in [3.05, 3.63) is 23.8 Å². The molecule has 0 aromatic heterocycles. The van der Waals surface area contributed by atoms with E-state index in [0.29, 0.717) is 18.0 Å². The quantitative estimate of drug-likeness (QED) is 0.614. The van der Waals surface area contributed by atoms with Crippen LogP contribution in [0.25, 0.3) is 0 Å². The Morgan fingerprint density at radius 2 is 2.29 bits per heavy atom. The molecule has 14 heavy (non-hydrogen) atoms. The van der Waals surface area contributed by atoms with Crippen LogP contribution >= 0.6 is 0 Å². The van der Waals surface area contributed by atoms with Crippen molar-refractivity contribution in [1.82, 2.24) is 5.32 Å². The maximum absolute atomic E-state index is 9.68. The molecule has 0 saturated heterocycles. The van der Waals surface area contributed by atoms with Crippen molar-refractivity contribution in [2.24, 2.45) is 0 Å². The van der Waals surface area contributed by atoms with E-state index in [1.165, 1.54) is 0 Å². The largest absolute Gasteiger partial charge is 0.497 e. The number of nitrogens with two attached hydrogens (primary N) is 1. The summed E-state index contributed by atoms with van der Waals surface area (Å²) in [6.07, 6.45) is -0.578. The fourth-order valence-corrected chi connectivity index (χ4v) is 1.29. The molecule has 1 aromatic carbocycles. The van der Waals surface area contributed by atoms with Gasteiger partial charge in [0.05, 0.1) is 13.2 Å².